The van der Waals surface area contributed by atoms with Crippen molar-refractivity contribution in [3.05, 3.63) is 77.9 Å². The number of pyridine rings is 1. The zero-order valence-corrected chi connectivity index (χ0v) is 13.9. The van der Waals surface area contributed by atoms with Crippen molar-refractivity contribution in [2.45, 2.75) is 19.9 Å². The van der Waals surface area contributed by atoms with Crippen LogP contribution in [-0.4, -0.2) is 20.9 Å². The molecule has 0 aliphatic rings. The van der Waals surface area contributed by atoms with Gasteiger partial charge in [-0.05, 0) is 30.2 Å². The van der Waals surface area contributed by atoms with Gasteiger partial charge in [0.05, 0.1) is 17.8 Å². The summed E-state index contributed by atoms with van der Waals surface area (Å²) < 4.78 is 0. The number of carbonyl (C=O) groups is 1. The molecule has 0 aliphatic heterocycles. The predicted octanol–water partition coefficient (Wildman–Crippen LogP) is 3.11. The lowest BCUT2D eigenvalue weighted by Gasteiger charge is -2.09. The first kappa shape index (κ1) is 16.6. The SMILES string of the molecule is CCc1ccccc1Nc1ncc(C(=O)NCc2ccccn2)cn1. The van der Waals surface area contributed by atoms with Crippen LogP contribution in [0.1, 0.15) is 28.5 Å². The first-order chi connectivity index (χ1) is 12.3. The van der Waals surface area contributed by atoms with E-state index in [1.807, 2.05) is 36.4 Å². The normalized spacial score (nSPS) is 10.3. The maximum atomic E-state index is 12.1. The maximum absolute atomic E-state index is 12.1. The molecule has 2 heterocycles. The Morgan fingerprint density at radius 2 is 1.76 bits per heavy atom. The van der Waals surface area contributed by atoms with Crippen molar-refractivity contribution < 1.29 is 4.79 Å². The molecular weight excluding hydrogens is 314 g/mol. The Balaban J connectivity index is 1.62. The summed E-state index contributed by atoms with van der Waals surface area (Å²) in [7, 11) is 0. The quantitative estimate of drug-likeness (QED) is 0.724. The summed E-state index contributed by atoms with van der Waals surface area (Å²) in [5.41, 5.74) is 3.36. The van der Waals surface area contributed by atoms with E-state index in [1.54, 1.807) is 6.20 Å². The fourth-order valence-corrected chi connectivity index (χ4v) is 2.36. The van der Waals surface area contributed by atoms with Crippen LogP contribution in [0.2, 0.25) is 0 Å². The predicted molar refractivity (Wildman–Crippen MR) is 96.5 cm³/mol. The Hall–Kier alpha value is -3.28. The molecule has 0 saturated heterocycles. The number of para-hydroxylation sites is 1. The first-order valence-corrected chi connectivity index (χ1v) is 8.11. The largest absolute Gasteiger partial charge is 0.346 e. The topological polar surface area (TPSA) is 79.8 Å². The lowest BCUT2D eigenvalue weighted by molar-refractivity contribution is 0.0949. The van der Waals surface area contributed by atoms with Gasteiger partial charge in [0, 0.05) is 24.3 Å². The monoisotopic (exact) mass is 333 g/mol. The number of carbonyl (C=O) groups excluding carboxylic acids is 1. The third-order valence-corrected chi connectivity index (χ3v) is 3.71. The molecule has 0 aliphatic carbocycles. The van der Waals surface area contributed by atoms with Crippen molar-refractivity contribution in [1.29, 1.82) is 0 Å². The minimum atomic E-state index is -0.230. The van der Waals surface area contributed by atoms with E-state index in [-0.39, 0.29) is 5.91 Å². The van der Waals surface area contributed by atoms with Crippen LogP contribution >= 0.6 is 0 Å². The highest BCUT2D eigenvalue weighted by molar-refractivity contribution is 5.93. The van der Waals surface area contributed by atoms with Crippen LogP contribution in [0.5, 0.6) is 0 Å². The van der Waals surface area contributed by atoms with Crippen molar-refractivity contribution in [3.8, 4) is 0 Å². The number of amides is 1. The highest BCUT2D eigenvalue weighted by Gasteiger charge is 2.08. The number of hydrogen-bond acceptors (Lipinski definition) is 5. The maximum Gasteiger partial charge on any atom is 0.254 e. The van der Waals surface area contributed by atoms with Gasteiger partial charge in [0.1, 0.15) is 0 Å². The van der Waals surface area contributed by atoms with Crippen molar-refractivity contribution >= 4 is 17.5 Å². The molecule has 0 radical (unpaired) electrons. The van der Waals surface area contributed by atoms with E-state index in [0.717, 1.165) is 17.8 Å². The second-order valence-corrected chi connectivity index (χ2v) is 5.43. The van der Waals surface area contributed by atoms with Crippen molar-refractivity contribution in [2.75, 3.05) is 5.32 Å². The Bertz CT molecular complexity index is 834. The zero-order chi connectivity index (χ0) is 17.5. The molecule has 0 atom stereocenters. The van der Waals surface area contributed by atoms with Crippen LogP contribution in [0.15, 0.2) is 61.1 Å². The molecule has 1 amide bonds. The fraction of sp³-hybridized carbons (Fsp3) is 0.158. The number of aromatic nitrogens is 3. The van der Waals surface area contributed by atoms with Gasteiger partial charge in [-0.3, -0.25) is 9.78 Å². The molecule has 2 aromatic heterocycles. The van der Waals surface area contributed by atoms with Crippen LogP contribution in [0.25, 0.3) is 0 Å². The molecule has 1 aromatic carbocycles. The standard InChI is InChI=1S/C19H19N5O/c1-2-14-7-3-4-9-17(14)24-19-22-11-15(12-23-19)18(25)21-13-16-8-5-6-10-20-16/h3-12H,2,13H2,1H3,(H,21,25)(H,22,23,24). The third kappa shape index (κ3) is 4.38. The summed E-state index contributed by atoms with van der Waals surface area (Å²) in [4.78, 5) is 24.8. The molecule has 6 heteroatoms. The number of rotatable bonds is 6. The summed E-state index contributed by atoms with van der Waals surface area (Å²) >= 11 is 0. The molecule has 25 heavy (non-hydrogen) atoms. The fourth-order valence-electron chi connectivity index (χ4n) is 2.36. The molecule has 126 valence electrons. The van der Waals surface area contributed by atoms with Crippen LogP contribution in [-0.2, 0) is 13.0 Å². The minimum Gasteiger partial charge on any atom is -0.346 e. The van der Waals surface area contributed by atoms with Crippen LogP contribution in [0.4, 0.5) is 11.6 Å². The Labute approximate surface area is 146 Å². The van der Waals surface area contributed by atoms with Crippen molar-refractivity contribution in [1.82, 2.24) is 20.3 Å². The van der Waals surface area contributed by atoms with Crippen LogP contribution in [0.3, 0.4) is 0 Å². The van der Waals surface area contributed by atoms with E-state index in [2.05, 4.69) is 38.6 Å². The van der Waals surface area contributed by atoms with Crippen molar-refractivity contribution in [2.24, 2.45) is 0 Å². The summed E-state index contributed by atoms with van der Waals surface area (Å²) in [6, 6.07) is 13.6. The van der Waals surface area contributed by atoms with Crippen molar-refractivity contribution in [3.63, 3.8) is 0 Å². The molecule has 0 unspecified atom stereocenters. The van der Waals surface area contributed by atoms with Gasteiger partial charge < -0.3 is 10.6 Å². The van der Waals surface area contributed by atoms with E-state index in [4.69, 9.17) is 0 Å². The van der Waals surface area contributed by atoms with E-state index in [9.17, 15) is 4.79 Å². The van der Waals surface area contributed by atoms with Crippen LogP contribution < -0.4 is 10.6 Å². The number of nitrogens with zero attached hydrogens (tertiary/aromatic N) is 3. The highest BCUT2D eigenvalue weighted by Crippen LogP contribution is 2.18. The molecule has 3 rings (SSSR count). The average molecular weight is 333 g/mol. The second kappa shape index (κ2) is 8.01. The molecule has 6 nitrogen and oxygen atoms in total. The van der Waals surface area contributed by atoms with Gasteiger partial charge in [-0.2, -0.15) is 0 Å². The zero-order valence-electron chi connectivity index (χ0n) is 13.9. The lowest BCUT2D eigenvalue weighted by atomic mass is 10.1. The van der Waals surface area contributed by atoms with Gasteiger partial charge in [0.15, 0.2) is 0 Å². The third-order valence-electron chi connectivity index (χ3n) is 3.71. The first-order valence-electron chi connectivity index (χ1n) is 8.11. The van der Waals surface area contributed by atoms with Gasteiger partial charge >= 0.3 is 0 Å². The number of nitrogens with one attached hydrogen (secondary N) is 2. The lowest BCUT2D eigenvalue weighted by Crippen LogP contribution is -2.23. The van der Waals surface area contributed by atoms with Gasteiger partial charge in [-0.15, -0.1) is 0 Å². The number of aryl methyl sites for hydroxylation is 1. The highest BCUT2D eigenvalue weighted by atomic mass is 16.1. The molecule has 2 N–H and O–H groups in total. The second-order valence-electron chi connectivity index (χ2n) is 5.43. The van der Waals surface area contributed by atoms with Gasteiger partial charge in [-0.1, -0.05) is 31.2 Å². The van der Waals surface area contributed by atoms with E-state index >= 15 is 0 Å². The van der Waals surface area contributed by atoms with Gasteiger partial charge in [0.25, 0.3) is 5.91 Å². The van der Waals surface area contributed by atoms with E-state index in [0.29, 0.717) is 18.1 Å². The van der Waals surface area contributed by atoms with Crippen LogP contribution in [0, 0.1) is 0 Å². The minimum absolute atomic E-state index is 0.230. The molecule has 0 fully saturated rings. The summed E-state index contributed by atoms with van der Waals surface area (Å²) in [5, 5.41) is 5.98. The van der Waals surface area contributed by atoms with Gasteiger partial charge in [0.2, 0.25) is 5.95 Å². The average Bonchev–Trinajstić information content (AvgIpc) is 2.68. The number of benzene rings is 1. The Morgan fingerprint density at radius 3 is 2.48 bits per heavy atom. The van der Waals surface area contributed by atoms with E-state index < -0.39 is 0 Å². The Kier molecular flexibility index (Phi) is 5.31. The number of anilines is 2. The molecule has 3 aromatic rings. The summed E-state index contributed by atoms with van der Waals surface area (Å²) in [6.45, 7) is 2.46. The molecule has 0 spiro atoms. The number of hydrogen-bond donors (Lipinski definition) is 2. The molecule has 0 saturated carbocycles. The summed E-state index contributed by atoms with van der Waals surface area (Å²) in [6.07, 6.45) is 5.63. The smallest absolute Gasteiger partial charge is 0.254 e. The molecule has 0 bridgehead atoms. The van der Waals surface area contributed by atoms with E-state index in [1.165, 1.54) is 18.0 Å². The Morgan fingerprint density at radius 1 is 1.00 bits per heavy atom. The summed E-state index contributed by atoms with van der Waals surface area (Å²) in [5.74, 6) is 0.230. The van der Waals surface area contributed by atoms with Gasteiger partial charge in [-0.25, -0.2) is 9.97 Å². The molecular formula is C19H19N5O.